The second kappa shape index (κ2) is 6.28. The molecule has 0 atom stereocenters. The zero-order valence-electron chi connectivity index (χ0n) is 10.1. The fraction of sp³-hybridized carbons (Fsp3) is 0.417. The fourth-order valence-electron chi connectivity index (χ4n) is 1.06. The van der Waals surface area contributed by atoms with Gasteiger partial charge >= 0.3 is 6.36 Å². The molecule has 0 aromatic heterocycles. The summed E-state index contributed by atoms with van der Waals surface area (Å²) in [6.45, 7) is 4.11. The lowest BCUT2D eigenvalue weighted by molar-refractivity contribution is -0.274. The van der Waals surface area contributed by atoms with Crippen molar-refractivity contribution in [2.75, 3.05) is 0 Å². The molecule has 0 heterocycles. The Morgan fingerprint density at radius 3 is 2.33 bits per heavy atom. The highest BCUT2D eigenvalue weighted by atomic mass is 19.4. The highest BCUT2D eigenvalue weighted by Crippen LogP contribution is 2.22. The van der Waals surface area contributed by atoms with Gasteiger partial charge in [-0.2, -0.15) is 0 Å². The highest BCUT2D eigenvalue weighted by Gasteiger charge is 2.30. The fourth-order valence-corrected chi connectivity index (χ4v) is 1.06. The highest BCUT2D eigenvalue weighted by molar-refractivity contribution is 5.58. The van der Waals surface area contributed by atoms with Crippen molar-refractivity contribution >= 4 is 6.21 Å². The zero-order chi connectivity index (χ0) is 13.6. The first-order valence-corrected chi connectivity index (χ1v) is 5.37. The van der Waals surface area contributed by atoms with Crippen molar-refractivity contribution in [3.05, 3.63) is 29.8 Å². The number of hydrogen-bond donors (Lipinski definition) is 0. The number of ether oxygens (including phenoxy) is 1. The van der Waals surface area contributed by atoms with E-state index in [9.17, 15) is 13.2 Å². The van der Waals surface area contributed by atoms with E-state index in [4.69, 9.17) is 4.84 Å². The molecular formula is C12H14F3NO2. The molecule has 0 bridgehead atoms. The van der Waals surface area contributed by atoms with Gasteiger partial charge < -0.3 is 9.57 Å². The molecule has 1 aromatic carbocycles. The number of hydrogen-bond acceptors (Lipinski definition) is 3. The third-order valence-corrected chi connectivity index (χ3v) is 1.82. The topological polar surface area (TPSA) is 30.8 Å². The van der Waals surface area contributed by atoms with Crippen LogP contribution in [0.3, 0.4) is 0 Å². The van der Waals surface area contributed by atoms with Crippen molar-refractivity contribution in [1.82, 2.24) is 0 Å². The zero-order valence-corrected chi connectivity index (χ0v) is 10.1. The van der Waals surface area contributed by atoms with Crippen molar-refractivity contribution < 1.29 is 22.7 Å². The standard InChI is InChI=1S/C12H14F3NO2/c1-9(2)7-16-17-8-10-3-5-11(6-4-10)18-12(13,14)15/h3-7,9H,8H2,1-2H3. The van der Waals surface area contributed by atoms with Gasteiger partial charge in [0.25, 0.3) is 0 Å². The average Bonchev–Trinajstić information content (AvgIpc) is 2.24. The Bertz CT molecular complexity index is 385. The van der Waals surface area contributed by atoms with Crippen molar-refractivity contribution in [2.45, 2.75) is 26.8 Å². The summed E-state index contributed by atoms with van der Waals surface area (Å²) in [5.74, 6) is 0.0319. The predicted octanol–water partition coefficient (Wildman–Crippen LogP) is 3.74. The van der Waals surface area contributed by atoms with Crippen molar-refractivity contribution in [3.63, 3.8) is 0 Å². The van der Waals surface area contributed by atoms with E-state index in [0.29, 0.717) is 5.56 Å². The monoisotopic (exact) mass is 261 g/mol. The van der Waals surface area contributed by atoms with Crippen LogP contribution < -0.4 is 4.74 Å². The minimum atomic E-state index is -4.67. The van der Waals surface area contributed by atoms with E-state index < -0.39 is 6.36 Å². The van der Waals surface area contributed by atoms with Gasteiger partial charge in [-0.25, -0.2) is 0 Å². The van der Waals surface area contributed by atoms with Gasteiger partial charge in [-0.1, -0.05) is 31.1 Å². The third-order valence-electron chi connectivity index (χ3n) is 1.82. The lowest BCUT2D eigenvalue weighted by Gasteiger charge is -2.08. The summed E-state index contributed by atoms with van der Waals surface area (Å²) in [6.07, 6.45) is -3.03. The maximum atomic E-state index is 11.9. The number of oxime groups is 1. The Morgan fingerprint density at radius 1 is 1.22 bits per heavy atom. The third kappa shape index (κ3) is 6.12. The largest absolute Gasteiger partial charge is 0.573 e. The molecule has 0 saturated carbocycles. The first-order chi connectivity index (χ1) is 8.37. The molecule has 0 unspecified atom stereocenters. The number of halogens is 3. The van der Waals surface area contributed by atoms with Crippen LogP contribution in [-0.2, 0) is 11.4 Å². The minimum absolute atomic E-state index is 0.204. The molecule has 0 amide bonds. The number of rotatable bonds is 5. The first-order valence-electron chi connectivity index (χ1n) is 5.37. The Morgan fingerprint density at radius 2 is 1.83 bits per heavy atom. The molecule has 0 aliphatic carbocycles. The summed E-state index contributed by atoms with van der Waals surface area (Å²) in [5, 5.41) is 3.71. The Kier molecular flexibility index (Phi) is 5.00. The summed E-state index contributed by atoms with van der Waals surface area (Å²) in [5.41, 5.74) is 0.713. The second-order valence-electron chi connectivity index (χ2n) is 3.96. The maximum absolute atomic E-state index is 11.9. The average molecular weight is 261 g/mol. The van der Waals surface area contributed by atoms with Gasteiger partial charge in [0.05, 0.1) is 0 Å². The summed E-state index contributed by atoms with van der Waals surface area (Å²) >= 11 is 0. The minimum Gasteiger partial charge on any atom is -0.406 e. The van der Waals surface area contributed by atoms with E-state index >= 15 is 0 Å². The molecular weight excluding hydrogens is 247 g/mol. The van der Waals surface area contributed by atoms with Gasteiger partial charge in [0.15, 0.2) is 0 Å². The first kappa shape index (κ1) is 14.3. The van der Waals surface area contributed by atoms with E-state index in [1.807, 2.05) is 13.8 Å². The van der Waals surface area contributed by atoms with Gasteiger partial charge in [-0.15, -0.1) is 13.2 Å². The van der Waals surface area contributed by atoms with E-state index in [-0.39, 0.29) is 18.3 Å². The van der Waals surface area contributed by atoms with E-state index in [1.165, 1.54) is 24.3 Å². The molecule has 0 aliphatic heterocycles. The van der Waals surface area contributed by atoms with E-state index in [2.05, 4.69) is 9.89 Å². The van der Waals surface area contributed by atoms with Crippen LogP contribution in [-0.4, -0.2) is 12.6 Å². The molecule has 0 aliphatic rings. The summed E-state index contributed by atoms with van der Waals surface area (Å²) < 4.78 is 39.4. The van der Waals surface area contributed by atoms with Crippen LogP contribution >= 0.6 is 0 Å². The summed E-state index contributed by atoms with van der Waals surface area (Å²) in [4.78, 5) is 4.98. The van der Waals surface area contributed by atoms with Crippen molar-refractivity contribution in [3.8, 4) is 5.75 Å². The van der Waals surface area contributed by atoms with Crippen LogP contribution in [0.4, 0.5) is 13.2 Å². The molecule has 18 heavy (non-hydrogen) atoms. The van der Waals surface area contributed by atoms with E-state index in [0.717, 1.165) is 0 Å². The lowest BCUT2D eigenvalue weighted by atomic mass is 10.2. The Hall–Kier alpha value is -1.72. The quantitative estimate of drug-likeness (QED) is 0.597. The van der Waals surface area contributed by atoms with Gasteiger partial charge in [0.2, 0.25) is 0 Å². The molecule has 6 heteroatoms. The summed E-state index contributed by atoms with van der Waals surface area (Å²) in [7, 11) is 0. The van der Waals surface area contributed by atoms with Crippen LogP contribution in [0.25, 0.3) is 0 Å². The number of nitrogens with zero attached hydrogens (tertiary/aromatic N) is 1. The second-order valence-corrected chi connectivity index (χ2v) is 3.96. The summed E-state index contributed by atoms with van der Waals surface area (Å²) in [6, 6.07) is 5.45. The maximum Gasteiger partial charge on any atom is 0.573 e. The van der Waals surface area contributed by atoms with Gasteiger partial charge in [0.1, 0.15) is 12.4 Å². The normalized spacial score (nSPS) is 12.1. The molecule has 0 spiro atoms. The predicted molar refractivity (Wildman–Crippen MR) is 61.2 cm³/mol. The van der Waals surface area contributed by atoms with Crippen LogP contribution in [0.1, 0.15) is 19.4 Å². The van der Waals surface area contributed by atoms with Crippen molar-refractivity contribution in [2.24, 2.45) is 11.1 Å². The van der Waals surface area contributed by atoms with Gasteiger partial charge in [-0.3, -0.25) is 0 Å². The lowest BCUT2D eigenvalue weighted by Crippen LogP contribution is -2.17. The molecule has 0 fully saturated rings. The van der Waals surface area contributed by atoms with E-state index in [1.54, 1.807) is 6.21 Å². The Balaban J connectivity index is 2.46. The molecule has 0 saturated heterocycles. The van der Waals surface area contributed by atoms with Crippen LogP contribution in [0, 0.1) is 5.92 Å². The van der Waals surface area contributed by atoms with Gasteiger partial charge in [0, 0.05) is 6.21 Å². The SMILES string of the molecule is CC(C)C=NOCc1ccc(OC(F)(F)F)cc1. The number of alkyl halides is 3. The molecule has 3 nitrogen and oxygen atoms in total. The molecule has 1 aromatic rings. The number of benzene rings is 1. The smallest absolute Gasteiger partial charge is 0.406 e. The molecule has 0 radical (unpaired) electrons. The van der Waals surface area contributed by atoms with Crippen molar-refractivity contribution in [1.29, 1.82) is 0 Å². The van der Waals surface area contributed by atoms with Crippen LogP contribution in [0.15, 0.2) is 29.4 Å². The Labute approximate surface area is 103 Å². The van der Waals surface area contributed by atoms with Crippen LogP contribution in [0.2, 0.25) is 0 Å². The molecule has 100 valence electrons. The van der Waals surface area contributed by atoms with Gasteiger partial charge in [-0.05, 0) is 23.6 Å². The van der Waals surface area contributed by atoms with Crippen LogP contribution in [0.5, 0.6) is 5.75 Å². The molecule has 1 rings (SSSR count). The molecule has 0 N–H and O–H groups in total.